The van der Waals surface area contributed by atoms with Crippen molar-refractivity contribution in [2.24, 2.45) is 0 Å². The number of imidazole rings is 1. The SMILES string of the molecule is Cc1cc(SCC(=O)N2c3ccccc3C[C@@H]2C)n2c(nc3ccccc32)c1C#N. The standard InChI is InChI=1S/C24H20N4OS/c1-15-11-23(28-21-10-6-4-8-19(21)26-24(28)18(15)13-25)30-14-22(29)27-16(2)12-17-7-3-5-9-20(17)27/h3-11,16H,12,14H2,1-2H3/t16-/m0/s1. The third kappa shape index (κ3) is 2.86. The lowest BCUT2D eigenvalue weighted by Crippen LogP contribution is -2.37. The van der Waals surface area contributed by atoms with E-state index in [1.807, 2.05) is 64.8 Å². The van der Waals surface area contributed by atoms with Gasteiger partial charge in [-0.1, -0.05) is 42.1 Å². The van der Waals surface area contributed by atoms with Crippen LogP contribution in [0, 0.1) is 18.3 Å². The molecule has 2 aromatic carbocycles. The summed E-state index contributed by atoms with van der Waals surface area (Å²) < 4.78 is 2.00. The molecule has 6 heteroatoms. The molecule has 0 N–H and O–H groups in total. The Bertz CT molecular complexity index is 1350. The number of aromatic nitrogens is 2. The highest BCUT2D eigenvalue weighted by molar-refractivity contribution is 7.99. The maximum absolute atomic E-state index is 13.2. The molecule has 0 saturated heterocycles. The molecule has 5 nitrogen and oxygen atoms in total. The second-order valence-corrected chi connectivity index (χ2v) is 8.64. The van der Waals surface area contributed by atoms with Gasteiger partial charge in [-0.3, -0.25) is 9.20 Å². The van der Waals surface area contributed by atoms with Crippen LogP contribution in [0.1, 0.15) is 23.6 Å². The highest BCUT2D eigenvalue weighted by Crippen LogP contribution is 2.34. The predicted octanol–water partition coefficient (Wildman–Crippen LogP) is 4.74. The maximum Gasteiger partial charge on any atom is 0.237 e. The highest BCUT2D eigenvalue weighted by atomic mass is 32.2. The quantitative estimate of drug-likeness (QED) is 0.456. The molecular formula is C24H20N4OS. The molecule has 4 aromatic rings. The zero-order valence-corrected chi connectivity index (χ0v) is 17.6. The van der Waals surface area contributed by atoms with E-state index in [-0.39, 0.29) is 11.9 Å². The van der Waals surface area contributed by atoms with Gasteiger partial charge in [-0.05, 0) is 55.7 Å². The van der Waals surface area contributed by atoms with E-state index in [4.69, 9.17) is 0 Å². The van der Waals surface area contributed by atoms with E-state index in [1.54, 1.807) is 0 Å². The van der Waals surface area contributed by atoms with Gasteiger partial charge in [0.2, 0.25) is 5.91 Å². The first-order valence-electron chi connectivity index (χ1n) is 9.92. The Hall–Kier alpha value is -3.30. The lowest BCUT2D eigenvalue weighted by Gasteiger charge is -2.22. The molecule has 3 heterocycles. The van der Waals surface area contributed by atoms with E-state index in [0.717, 1.165) is 33.7 Å². The summed E-state index contributed by atoms with van der Waals surface area (Å²) in [5.74, 6) is 0.419. The number of nitriles is 1. The first kappa shape index (κ1) is 18.7. The Labute approximate surface area is 178 Å². The number of hydrogen-bond donors (Lipinski definition) is 0. The summed E-state index contributed by atoms with van der Waals surface area (Å²) in [5, 5.41) is 10.6. The molecule has 0 unspecified atom stereocenters. The number of fused-ring (bicyclic) bond motifs is 4. The minimum atomic E-state index is 0.0945. The van der Waals surface area contributed by atoms with Gasteiger partial charge in [0, 0.05) is 11.7 Å². The van der Waals surface area contributed by atoms with Crippen LogP contribution in [0.2, 0.25) is 0 Å². The van der Waals surface area contributed by atoms with Crippen molar-refractivity contribution in [1.82, 2.24) is 9.38 Å². The number of rotatable bonds is 3. The van der Waals surface area contributed by atoms with Gasteiger partial charge >= 0.3 is 0 Å². The summed E-state index contributed by atoms with van der Waals surface area (Å²) >= 11 is 1.50. The summed E-state index contributed by atoms with van der Waals surface area (Å²) in [7, 11) is 0. The number of aryl methyl sites for hydroxylation is 1. The van der Waals surface area contributed by atoms with Crippen LogP contribution in [0.5, 0.6) is 0 Å². The minimum Gasteiger partial charge on any atom is -0.308 e. The van der Waals surface area contributed by atoms with Crippen molar-refractivity contribution in [2.45, 2.75) is 31.3 Å². The molecule has 1 atom stereocenters. The van der Waals surface area contributed by atoms with Gasteiger partial charge in [0.25, 0.3) is 0 Å². The average Bonchev–Trinajstić information content (AvgIpc) is 3.29. The molecule has 0 radical (unpaired) electrons. The topological polar surface area (TPSA) is 61.4 Å². The monoisotopic (exact) mass is 412 g/mol. The lowest BCUT2D eigenvalue weighted by atomic mass is 10.1. The van der Waals surface area contributed by atoms with E-state index in [9.17, 15) is 10.1 Å². The molecule has 0 aliphatic carbocycles. The highest BCUT2D eigenvalue weighted by Gasteiger charge is 2.30. The van der Waals surface area contributed by atoms with Crippen molar-refractivity contribution in [3.05, 3.63) is 71.3 Å². The molecule has 0 bridgehead atoms. The first-order chi connectivity index (χ1) is 14.6. The number of amides is 1. The van der Waals surface area contributed by atoms with Crippen molar-refractivity contribution < 1.29 is 4.79 Å². The van der Waals surface area contributed by atoms with Crippen LogP contribution < -0.4 is 4.90 Å². The second-order valence-electron chi connectivity index (χ2n) is 7.65. The van der Waals surface area contributed by atoms with Crippen LogP contribution in [0.3, 0.4) is 0 Å². The largest absolute Gasteiger partial charge is 0.308 e. The summed E-state index contributed by atoms with van der Waals surface area (Å²) in [5.41, 5.74) is 6.12. The van der Waals surface area contributed by atoms with Gasteiger partial charge in [0.05, 0.1) is 27.4 Å². The van der Waals surface area contributed by atoms with Crippen LogP contribution in [0.4, 0.5) is 5.69 Å². The van der Waals surface area contributed by atoms with Crippen molar-refractivity contribution in [2.75, 3.05) is 10.7 Å². The molecule has 0 spiro atoms. The number of carbonyl (C=O) groups excluding carboxylic acids is 1. The summed E-state index contributed by atoms with van der Waals surface area (Å²) in [6.07, 6.45) is 0.888. The number of para-hydroxylation sites is 3. The molecule has 0 fully saturated rings. The lowest BCUT2D eigenvalue weighted by molar-refractivity contribution is -0.116. The van der Waals surface area contributed by atoms with Gasteiger partial charge in [0.1, 0.15) is 6.07 Å². The Kier molecular flexibility index (Phi) is 4.48. The Balaban J connectivity index is 1.52. The number of nitrogens with zero attached hydrogens (tertiary/aromatic N) is 4. The fourth-order valence-electron chi connectivity index (χ4n) is 4.31. The van der Waals surface area contributed by atoms with Crippen molar-refractivity contribution in [3.8, 4) is 6.07 Å². The number of anilines is 1. The Morgan fingerprint density at radius 1 is 1.23 bits per heavy atom. The minimum absolute atomic E-state index is 0.0945. The zero-order valence-electron chi connectivity index (χ0n) is 16.8. The van der Waals surface area contributed by atoms with Gasteiger partial charge in [-0.15, -0.1) is 0 Å². The number of pyridine rings is 1. The van der Waals surface area contributed by atoms with Gasteiger partial charge < -0.3 is 4.90 Å². The van der Waals surface area contributed by atoms with Crippen molar-refractivity contribution >= 4 is 40.0 Å². The van der Waals surface area contributed by atoms with E-state index in [2.05, 4.69) is 24.0 Å². The van der Waals surface area contributed by atoms with Gasteiger partial charge in [0.15, 0.2) is 5.65 Å². The van der Waals surface area contributed by atoms with E-state index in [0.29, 0.717) is 17.0 Å². The van der Waals surface area contributed by atoms with Crippen LogP contribution in [0.15, 0.2) is 59.6 Å². The van der Waals surface area contributed by atoms with Crippen molar-refractivity contribution in [3.63, 3.8) is 0 Å². The molecule has 148 valence electrons. The zero-order chi connectivity index (χ0) is 20.8. The smallest absolute Gasteiger partial charge is 0.237 e. The van der Waals surface area contributed by atoms with E-state index in [1.165, 1.54) is 17.3 Å². The fraction of sp³-hybridized carbons (Fsp3) is 0.208. The van der Waals surface area contributed by atoms with Gasteiger partial charge in [-0.25, -0.2) is 4.98 Å². The number of thioether (sulfide) groups is 1. The number of benzene rings is 2. The van der Waals surface area contributed by atoms with Crippen LogP contribution in [-0.2, 0) is 11.2 Å². The molecule has 1 aliphatic heterocycles. The Morgan fingerprint density at radius 3 is 2.83 bits per heavy atom. The summed E-state index contributed by atoms with van der Waals surface area (Å²) in [4.78, 5) is 19.8. The molecule has 1 aliphatic rings. The van der Waals surface area contributed by atoms with E-state index >= 15 is 0 Å². The van der Waals surface area contributed by atoms with Crippen LogP contribution in [-0.4, -0.2) is 27.1 Å². The van der Waals surface area contributed by atoms with Crippen LogP contribution in [0.25, 0.3) is 16.7 Å². The summed E-state index contributed by atoms with van der Waals surface area (Å²) in [6, 6.07) is 20.4. The molecule has 30 heavy (non-hydrogen) atoms. The molecule has 5 rings (SSSR count). The fourth-order valence-corrected chi connectivity index (χ4v) is 5.29. The molecular weight excluding hydrogens is 392 g/mol. The number of hydrogen-bond acceptors (Lipinski definition) is 4. The predicted molar refractivity (Wildman–Crippen MR) is 120 cm³/mol. The molecule has 2 aromatic heterocycles. The van der Waals surface area contributed by atoms with E-state index < -0.39 is 0 Å². The maximum atomic E-state index is 13.2. The van der Waals surface area contributed by atoms with Gasteiger partial charge in [-0.2, -0.15) is 5.26 Å². The van der Waals surface area contributed by atoms with Crippen LogP contribution >= 0.6 is 11.8 Å². The Morgan fingerprint density at radius 2 is 2.00 bits per heavy atom. The third-order valence-corrected chi connectivity index (χ3v) is 6.66. The normalized spacial score (nSPS) is 15.5. The molecule has 0 saturated carbocycles. The van der Waals surface area contributed by atoms with Crippen molar-refractivity contribution in [1.29, 1.82) is 5.26 Å². The second kappa shape index (κ2) is 7.19. The molecule has 1 amide bonds. The first-order valence-corrected chi connectivity index (χ1v) is 10.9. The average molecular weight is 413 g/mol. The third-order valence-electron chi connectivity index (χ3n) is 5.67. The summed E-state index contributed by atoms with van der Waals surface area (Å²) in [6.45, 7) is 4.01. The number of carbonyl (C=O) groups is 1.